The lowest BCUT2D eigenvalue weighted by molar-refractivity contribution is 1.18. The number of nitrogens with two attached hydrogens (primary N) is 1. The van der Waals surface area contributed by atoms with E-state index in [0.29, 0.717) is 5.82 Å². The largest absolute Gasteiger partial charge is 0.385 e. The van der Waals surface area contributed by atoms with Crippen molar-refractivity contribution >= 4 is 11.5 Å². The first kappa shape index (κ1) is 7.85. The van der Waals surface area contributed by atoms with Gasteiger partial charge in [0.25, 0.3) is 0 Å². The van der Waals surface area contributed by atoms with Crippen LogP contribution in [0, 0.1) is 13.8 Å². The zero-order valence-electron chi connectivity index (χ0n) is 7.10. The van der Waals surface area contributed by atoms with Gasteiger partial charge in [0, 0.05) is 12.7 Å². The van der Waals surface area contributed by atoms with Crippen molar-refractivity contribution in [2.45, 2.75) is 13.8 Å². The van der Waals surface area contributed by atoms with Crippen LogP contribution in [0.3, 0.4) is 0 Å². The normalized spacial score (nSPS) is 9.73. The molecule has 0 amide bonds. The van der Waals surface area contributed by atoms with Gasteiger partial charge in [-0.2, -0.15) is 0 Å². The molecule has 0 aromatic carbocycles. The number of hydrogen-bond donors (Lipinski definition) is 2. The molecule has 1 aromatic heterocycles. The Morgan fingerprint density at radius 3 is 2.55 bits per heavy atom. The quantitative estimate of drug-likeness (QED) is 0.636. The first-order valence-corrected chi connectivity index (χ1v) is 3.56. The Balaban J connectivity index is 3.25. The molecule has 3 N–H and O–H groups in total. The molecule has 0 aliphatic carbocycles. The van der Waals surface area contributed by atoms with Gasteiger partial charge in [-0.05, 0) is 25.5 Å². The summed E-state index contributed by atoms with van der Waals surface area (Å²) in [7, 11) is 1.84. The highest BCUT2D eigenvalue weighted by molar-refractivity contribution is 5.66. The molecule has 3 heteroatoms. The van der Waals surface area contributed by atoms with Gasteiger partial charge in [-0.15, -0.1) is 0 Å². The summed E-state index contributed by atoms with van der Waals surface area (Å²) in [5, 5.41) is 3.00. The van der Waals surface area contributed by atoms with Crippen molar-refractivity contribution in [3.05, 3.63) is 17.3 Å². The molecule has 0 aliphatic heterocycles. The van der Waals surface area contributed by atoms with Crippen molar-refractivity contribution in [3.63, 3.8) is 0 Å². The highest BCUT2D eigenvalue weighted by Gasteiger charge is 2.01. The van der Waals surface area contributed by atoms with E-state index in [2.05, 4.69) is 10.3 Å². The number of anilines is 2. The molecule has 0 aliphatic rings. The molecular formula is C8H13N3. The topological polar surface area (TPSA) is 50.9 Å². The highest BCUT2D eigenvalue weighted by Crippen LogP contribution is 2.20. The highest BCUT2D eigenvalue weighted by atomic mass is 14.9. The monoisotopic (exact) mass is 151 g/mol. The first-order valence-electron chi connectivity index (χ1n) is 3.56. The van der Waals surface area contributed by atoms with Gasteiger partial charge in [0.15, 0.2) is 0 Å². The molecule has 0 saturated heterocycles. The second kappa shape index (κ2) is 2.78. The van der Waals surface area contributed by atoms with E-state index in [-0.39, 0.29) is 0 Å². The first-order chi connectivity index (χ1) is 5.15. The fraction of sp³-hybridized carbons (Fsp3) is 0.375. The average molecular weight is 151 g/mol. The molecule has 0 radical (unpaired) electrons. The maximum atomic E-state index is 5.66. The van der Waals surface area contributed by atoms with Crippen LogP contribution >= 0.6 is 0 Å². The van der Waals surface area contributed by atoms with Gasteiger partial charge in [0.1, 0.15) is 5.82 Å². The summed E-state index contributed by atoms with van der Waals surface area (Å²) >= 11 is 0. The second-order valence-corrected chi connectivity index (χ2v) is 2.59. The van der Waals surface area contributed by atoms with Crippen LogP contribution in [0.5, 0.6) is 0 Å². The molecule has 0 bridgehead atoms. The SMILES string of the molecule is CNc1c(C)cc(C)nc1N. The number of rotatable bonds is 1. The van der Waals surface area contributed by atoms with Gasteiger partial charge < -0.3 is 11.1 Å². The predicted octanol–water partition coefficient (Wildman–Crippen LogP) is 1.32. The maximum absolute atomic E-state index is 5.66. The third-order valence-corrected chi connectivity index (χ3v) is 1.62. The predicted molar refractivity (Wildman–Crippen MR) is 47.7 cm³/mol. The maximum Gasteiger partial charge on any atom is 0.147 e. The van der Waals surface area contributed by atoms with Crippen LogP contribution in [-0.4, -0.2) is 12.0 Å². The molecular weight excluding hydrogens is 138 g/mol. The van der Waals surface area contributed by atoms with Crippen molar-refractivity contribution in [3.8, 4) is 0 Å². The molecule has 0 unspecified atom stereocenters. The summed E-state index contributed by atoms with van der Waals surface area (Å²) in [6.45, 7) is 3.94. The number of aromatic nitrogens is 1. The van der Waals surface area contributed by atoms with Crippen LogP contribution in [0.1, 0.15) is 11.3 Å². The van der Waals surface area contributed by atoms with E-state index in [0.717, 1.165) is 16.9 Å². The summed E-state index contributed by atoms with van der Waals surface area (Å²) in [6.07, 6.45) is 0. The minimum Gasteiger partial charge on any atom is -0.385 e. The van der Waals surface area contributed by atoms with Gasteiger partial charge in [-0.25, -0.2) is 4.98 Å². The van der Waals surface area contributed by atoms with Gasteiger partial charge in [-0.1, -0.05) is 0 Å². The third kappa shape index (κ3) is 1.42. The van der Waals surface area contributed by atoms with Crippen LogP contribution in [0.15, 0.2) is 6.07 Å². The zero-order valence-corrected chi connectivity index (χ0v) is 7.10. The van der Waals surface area contributed by atoms with Crippen LogP contribution in [-0.2, 0) is 0 Å². The van der Waals surface area contributed by atoms with Crippen molar-refractivity contribution in [2.24, 2.45) is 0 Å². The molecule has 0 saturated carbocycles. The lowest BCUT2D eigenvalue weighted by atomic mass is 10.2. The summed E-state index contributed by atoms with van der Waals surface area (Å²) in [5.74, 6) is 0.574. The Bertz CT molecular complexity index is 245. The minimum atomic E-state index is 0.574. The standard InChI is InChI=1S/C8H13N3/c1-5-4-6(2)11-8(9)7(5)10-3/h4,10H,1-3H3,(H2,9,11). The van der Waals surface area contributed by atoms with Crippen molar-refractivity contribution in [1.82, 2.24) is 4.98 Å². The number of nitrogens with zero attached hydrogens (tertiary/aromatic N) is 1. The van der Waals surface area contributed by atoms with E-state index in [1.165, 1.54) is 0 Å². The van der Waals surface area contributed by atoms with E-state index in [4.69, 9.17) is 5.73 Å². The number of pyridine rings is 1. The molecule has 11 heavy (non-hydrogen) atoms. The third-order valence-electron chi connectivity index (χ3n) is 1.62. The van der Waals surface area contributed by atoms with Gasteiger partial charge >= 0.3 is 0 Å². The Hall–Kier alpha value is -1.25. The summed E-state index contributed by atoms with van der Waals surface area (Å²) in [4.78, 5) is 4.12. The molecule has 0 fully saturated rings. The van der Waals surface area contributed by atoms with E-state index in [1.54, 1.807) is 0 Å². The molecule has 0 spiro atoms. The molecule has 1 aromatic rings. The summed E-state index contributed by atoms with van der Waals surface area (Å²) in [6, 6.07) is 2.00. The molecule has 3 nitrogen and oxygen atoms in total. The Morgan fingerprint density at radius 2 is 2.09 bits per heavy atom. The van der Waals surface area contributed by atoms with E-state index in [1.807, 2.05) is 27.0 Å². The number of aryl methyl sites for hydroxylation is 2. The lowest BCUT2D eigenvalue weighted by Crippen LogP contribution is -2.01. The van der Waals surface area contributed by atoms with Crippen molar-refractivity contribution in [1.29, 1.82) is 0 Å². The van der Waals surface area contributed by atoms with Crippen LogP contribution in [0.4, 0.5) is 11.5 Å². The summed E-state index contributed by atoms with van der Waals surface area (Å²) < 4.78 is 0. The van der Waals surface area contributed by atoms with E-state index >= 15 is 0 Å². The van der Waals surface area contributed by atoms with E-state index < -0.39 is 0 Å². The van der Waals surface area contributed by atoms with Crippen LogP contribution in [0.25, 0.3) is 0 Å². The van der Waals surface area contributed by atoms with E-state index in [9.17, 15) is 0 Å². The number of nitrogens with one attached hydrogen (secondary N) is 1. The fourth-order valence-corrected chi connectivity index (χ4v) is 1.19. The lowest BCUT2D eigenvalue weighted by Gasteiger charge is -2.08. The smallest absolute Gasteiger partial charge is 0.147 e. The zero-order chi connectivity index (χ0) is 8.43. The van der Waals surface area contributed by atoms with Crippen LogP contribution < -0.4 is 11.1 Å². The number of nitrogen functional groups attached to an aromatic ring is 1. The fourth-order valence-electron chi connectivity index (χ4n) is 1.19. The van der Waals surface area contributed by atoms with Gasteiger partial charge in [0.05, 0.1) is 5.69 Å². The number of hydrogen-bond acceptors (Lipinski definition) is 3. The van der Waals surface area contributed by atoms with Crippen molar-refractivity contribution in [2.75, 3.05) is 18.1 Å². The van der Waals surface area contributed by atoms with Gasteiger partial charge in [-0.3, -0.25) is 0 Å². The van der Waals surface area contributed by atoms with Crippen LogP contribution in [0.2, 0.25) is 0 Å². The molecule has 1 rings (SSSR count). The Kier molecular flexibility index (Phi) is 1.98. The van der Waals surface area contributed by atoms with Gasteiger partial charge in [0.2, 0.25) is 0 Å². The molecule has 60 valence electrons. The summed E-state index contributed by atoms with van der Waals surface area (Å²) in [5.41, 5.74) is 8.68. The second-order valence-electron chi connectivity index (χ2n) is 2.59. The van der Waals surface area contributed by atoms with Crippen molar-refractivity contribution < 1.29 is 0 Å². The average Bonchev–Trinajstić information content (AvgIpc) is 1.85. The Morgan fingerprint density at radius 1 is 1.45 bits per heavy atom. The Labute approximate surface area is 66.6 Å². The minimum absolute atomic E-state index is 0.574. The molecule has 0 atom stereocenters. The molecule has 1 heterocycles.